The molecule has 2 unspecified atom stereocenters. The van der Waals surface area contributed by atoms with Gasteiger partial charge in [0, 0.05) is 36.2 Å². The molecule has 5 rings (SSSR count). The van der Waals surface area contributed by atoms with Crippen LogP contribution >= 0.6 is 0 Å². The lowest BCUT2D eigenvalue weighted by molar-refractivity contribution is 0.202. The molecule has 134 valence electrons. The second-order valence-corrected chi connectivity index (χ2v) is 7.45. The zero-order valence-electron chi connectivity index (χ0n) is 15.1. The number of hydrogen-bond donors (Lipinski definition) is 1. The van der Waals surface area contributed by atoms with Crippen LogP contribution in [0.25, 0.3) is 11.0 Å². The Balaban J connectivity index is 1.36. The Labute approximate surface area is 153 Å². The maximum Gasteiger partial charge on any atom is 0.143 e. The van der Waals surface area contributed by atoms with Gasteiger partial charge in [-0.1, -0.05) is 12.1 Å². The van der Waals surface area contributed by atoms with Crippen LogP contribution in [0, 0.1) is 6.92 Å². The van der Waals surface area contributed by atoms with Crippen molar-refractivity contribution in [3.8, 4) is 5.75 Å². The molecule has 0 saturated heterocycles. The number of nitrogens with one attached hydrogen (secondary N) is 1. The Bertz CT molecular complexity index is 948. The summed E-state index contributed by atoms with van der Waals surface area (Å²) >= 11 is 0. The predicted octanol–water partition coefficient (Wildman–Crippen LogP) is 3.56. The molecule has 3 aromatic rings. The van der Waals surface area contributed by atoms with E-state index in [1.54, 1.807) is 6.33 Å². The first kappa shape index (κ1) is 15.8. The molecule has 0 spiro atoms. The van der Waals surface area contributed by atoms with Gasteiger partial charge in [0.05, 0.1) is 5.69 Å². The summed E-state index contributed by atoms with van der Waals surface area (Å²) in [6.07, 6.45) is 8.44. The zero-order chi connectivity index (χ0) is 17.5. The standard InChI is InChI=1S/C21H24N4O/c1-14-18-8-10-25(21(18)24-13-23-14)16-5-6-17(11-16)26-20-4-2-3-15-7-9-22-12-19(15)20/h2-4,8,10,13,16-17,22H,5-7,9,11-12H2,1H3. The Morgan fingerprint density at radius 1 is 1.19 bits per heavy atom. The van der Waals surface area contributed by atoms with Crippen LogP contribution < -0.4 is 10.1 Å². The molecule has 0 bridgehead atoms. The van der Waals surface area contributed by atoms with Crippen molar-refractivity contribution in [2.24, 2.45) is 0 Å². The molecule has 3 heterocycles. The molecular weight excluding hydrogens is 324 g/mol. The summed E-state index contributed by atoms with van der Waals surface area (Å²) in [6, 6.07) is 9.07. The lowest BCUT2D eigenvalue weighted by atomic mass is 10.0. The van der Waals surface area contributed by atoms with Crippen molar-refractivity contribution < 1.29 is 4.74 Å². The number of aryl methyl sites for hydroxylation is 1. The van der Waals surface area contributed by atoms with Crippen molar-refractivity contribution in [2.75, 3.05) is 6.54 Å². The molecule has 1 aromatic carbocycles. The summed E-state index contributed by atoms with van der Waals surface area (Å²) in [5.74, 6) is 1.07. The minimum atomic E-state index is 0.272. The van der Waals surface area contributed by atoms with Gasteiger partial charge in [-0.05, 0) is 50.4 Å². The number of fused-ring (bicyclic) bond motifs is 2. The molecule has 2 aromatic heterocycles. The average molecular weight is 348 g/mol. The first-order valence-electron chi connectivity index (χ1n) is 9.56. The molecule has 1 aliphatic carbocycles. The zero-order valence-corrected chi connectivity index (χ0v) is 15.1. The monoisotopic (exact) mass is 348 g/mol. The number of ether oxygens (including phenoxy) is 1. The normalized spacial score (nSPS) is 22.5. The largest absolute Gasteiger partial charge is 0.490 e. The van der Waals surface area contributed by atoms with Crippen molar-refractivity contribution in [1.82, 2.24) is 19.9 Å². The van der Waals surface area contributed by atoms with Crippen LogP contribution in [-0.4, -0.2) is 27.2 Å². The highest BCUT2D eigenvalue weighted by Crippen LogP contribution is 2.36. The van der Waals surface area contributed by atoms with E-state index in [1.807, 2.05) is 6.92 Å². The minimum Gasteiger partial charge on any atom is -0.490 e. The van der Waals surface area contributed by atoms with Crippen LogP contribution in [0.5, 0.6) is 5.75 Å². The van der Waals surface area contributed by atoms with E-state index in [9.17, 15) is 0 Å². The SMILES string of the molecule is Cc1ncnc2c1ccn2C1CCC(Oc2cccc3c2CNCC3)C1. The van der Waals surface area contributed by atoms with E-state index in [0.717, 1.165) is 61.2 Å². The molecule has 5 heteroatoms. The third kappa shape index (κ3) is 2.67. The van der Waals surface area contributed by atoms with Crippen molar-refractivity contribution in [2.45, 2.75) is 51.3 Å². The van der Waals surface area contributed by atoms with Crippen LogP contribution in [0.1, 0.15) is 42.1 Å². The minimum absolute atomic E-state index is 0.272. The molecule has 2 atom stereocenters. The number of benzene rings is 1. The molecule has 0 amide bonds. The van der Waals surface area contributed by atoms with Gasteiger partial charge >= 0.3 is 0 Å². The first-order chi connectivity index (χ1) is 12.8. The quantitative estimate of drug-likeness (QED) is 0.786. The molecule has 1 saturated carbocycles. The van der Waals surface area contributed by atoms with Crippen LogP contribution in [0.15, 0.2) is 36.8 Å². The van der Waals surface area contributed by atoms with E-state index in [-0.39, 0.29) is 6.10 Å². The highest BCUT2D eigenvalue weighted by Gasteiger charge is 2.29. The fourth-order valence-electron chi connectivity index (χ4n) is 4.44. The van der Waals surface area contributed by atoms with E-state index in [4.69, 9.17) is 4.74 Å². The van der Waals surface area contributed by atoms with Crippen molar-refractivity contribution >= 4 is 11.0 Å². The van der Waals surface area contributed by atoms with Gasteiger partial charge in [0.2, 0.25) is 0 Å². The first-order valence-corrected chi connectivity index (χ1v) is 9.56. The van der Waals surface area contributed by atoms with Crippen molar-refractivity contribution in [3.63, 3.8) is 0 Å². The van der Waals surface area contributed by atoms with E-state index in [1.165, 1.54) is 11.1 Å². The summed E-state index contributed by atoms with van der Waals surface area (Å²) in [6.45, 7) is 4.02. The lowest BCUT2D eigenvalue weighted by Crippen LogP contribution is -2.25. The smallest absolute Gasteiger partial charge is 0.143 e. The third-order valence-corrected chi connectivity index (χ3v) is 5.86. The number of aromatic nitrogens is 3. The van der Waals surface area contributed by atoms with Gasteiger partial charge in [-0.25, -0.2) is 9.97 Å². The molecule has 2 aliphatic rings. The maximum absolute atomic E-state index is 6.45. The second kappa shape index (κ2) is 6.40. The maximum atomic E-state index is 6.45. The fraction of sp³-hybridized carbons (Fsp3) is 0.429. The summed E-state index contributed by atoms with van der Waals surface area (Å²) in [5, 5.41) is 4.62. The Morgan fingerprint density at radius 3 is 3.12 bits per heavy atom. The van der Waals surface area contributed by atoms with Crippen molar-refractivity contribution in [3.05, 3.63) is 53.6 Å². The van der Waals surface area contributed by atoms with Gasteiger partial charge in [-0.2, -0.15) is 0 Å². The van der Waals surface area contributed by atoms with E-state index >= 15 is 0 Å². The lowest BCUT2D eigenvalue weighted by Gasteiger charge is -2.23. The average Bonchev–Trinajstić information content (AvgIpc) is 3.29. The Hall–Kier alpha value is -2.40. The van der Waals surface area contributed by atoms with Gasteiger partial charge in [-0.15, -0.1) is 0 Å². The van der Waals surface area contributed by atoms with Crippen molar-refractivity contribution in [1.29, 1.82) is 0 Å². The number of rotatable bonds is 3. The van der Waals surface area contributed by atoms with Crippen LogP contribution in [-0.2, 0) is 13.0 Å². The van der Waals surface area contributed by atoms with Gasteiger partial charge in [-0.3, -0.25) is 0 Å². The summed E-state index contributed by atoms with van der Waals surface area (Å²) in [4.78, 5) is 8.82. The topological polar surface area (TPSA) is 52.0 Å². The summed E-state index contributed by atoms with van der Waals surface area (Å²) in [7, 11) is 0. The molecule has 1 aliphatic heterocycles. The number of nitrogens with zero attached hydrogens (tertiary/aromatic N) is 3. The van der Waals surface area contributed by atoms with Gasteiger partial charge in [0.1, 0.15) is 23.8 Å². The van der Waals surface area contributed by atoms with E-state index in [2.05, 4.69) is 50.3 Å². The van der Waals surface area contributed by atoms with Crippen LogP contribution in [0.3, 0.4) is 0 Å². The molecule has 26 heavy (non-hydrogen) atoms. The highest BCUT2D eigenvalue weighted by atomic mass is 16.5. The summed E-state index contributed by atoms with van der Waals surface area (Å²) < 4.78 is 8.77. The van der Waals surface area contributed by atoms with Crippen LogP contribution in [0.2, 0.25) is 0 Å². The highest BCUT2D eigenvalue weighted by molar-refractivity contribution is 5.78. The molecule has 1 fully saturated rings. The van der Waals surface area contributed by atoms with Gasteiger partial charge < -0.3 is 14.6 Å². The molecule has 1 N–H and O–H groups in total. The van der Waals surface area contributed by atoms with Gasteiger partial charge in [0.25, 0.3) is 0 Å². The van der Waals surface area contributed by atoms with Crippen LogP contribution in [0.4, 0.5) is 0 Å². The number of hydrogen-bond acceptors (Lipinski definition) is 4. The molecule has 5 nitrogen and oxygen atoms in total. The summed E-state index contributed by atoms with van der Waals surface area (Å²) in [5.41, 5.74) is 4.86. The fourth-order valence-corrected chi connectivity index (χ4v) is 4.44. The predicted molar refractivity (Wildman–Crippen MR) is 101 cm³/mol. The Kier molecular flexibility index (Phi) is 3.89. The Morgan fingerprint density at radius 2 is 2.15 bits per heavy atom. The third-order valence-electron chi connectivity index (χ3n) is 5.86. The molecular formula is C21H24N4O. The van der Waals surface area contributed by atoms with E-state index in [0.29, 0.717) is 6.04 Å². The molecule has 0 radical (unpaired) electrons. The second-order valence-electron chi connectivity index (χ2n) is 7.45. The van der Waals surface area contributed by atoms with Gasteiger partial charge in [0.15, 0.2) is 0 Å². The van der Waals surface area contributed by atoms with E-state index < -0.39 is 0 Å².